The van der Waals surface area contributed by atoms with Crippen LogP contribution < -0.4 is 4.74 Å². The van der Waals surface area contributed by atoms with Crippen LogP contribution in [0.4, 0.5) is 8.78 Å². The maximum absolute atomic E-state index is 14.2. The van der Waals surface area contributed by atoms with E-state index in [4.69, 9.17) is 4.74 Å². The number of ether oxygens (including phenoxy) is 1. The lowest BCUT2D eigenvalue weighted by atomic mass is 9.35. The molecule has 152 valence electrons. The van der Waals surface area contributed by atoms with E-state index in [-0.39, 0.29) is 41.6 Å². The highest BCUT2D eigenvalue weighted by molar-refractivity contribution is 5.87. The number of benzene rings is 1. The van der Waals surface area contributed by atoms with Crippen molar-refractivity contribution in [3.8, 4) is 5.88 Å². The number of aromatic nitrogens is 1. The highest BCUT2D eigenvalue weighted by atomic mass is 19.1. The smallest absolute Gasteiger partial charge is 0.229 e. The van der Waals surface area contributed by atoms with Gasteiger partial charge in [0.05, 0.1) is 24.6 Å². The molecule has 0 spiro atoms. The number of hydrogen-bond acceptors (Lipinski definition) is 3. The van der Waals surface area contributed by atoms with Crippen molar-refractivity contribution in [2.75, 3.05) is 13.2 Å². The second-order valence-corrected chi connectivity index (χ2v) is 9.13. The molecule has 0 radical (unpaired) electrons. The Hall–Kier alpha value is -2.50. The quantitative estimate of drug-likeness (QED) is 0.750. The maximum atomic E-state index is 14.2. The minimum absolute atomic E-state index is 0.0162. The van der Waals surface area contributed by atoms with Gasteiger partial charge in [0.25, 0.3) is 0 Å². The number of rotatable bonds is 5. The third-order valence-electron chi connectivity index (χ3n) is 6.75. The largest absolute Gasteiger partial charge is 0.477 e. The number of likely N-dealkylation sites (tertiary alicyclic amines) is 1. The first-order valence-electron chi connectivity index (χ1n) is 10.1. The molecular weight excluding hydrogens is 374 g/mol. The van der Waals surface area contributed by atoms with Gasteiger partial charge in [-0.25, -0.2) is 13.8 Å². The Kier molecular flexibility index (Phi) is 4.16. The summed E-state index contributed by atoms with van der Waals surface area (Å²) in [5, 5.41) is 0. The summed E-state index contributed by atoms with van der Waals surface area (Å²) < 4.78 is 33.7. The van der Waals surface area contributed by atoms with E-state index >= 15 is 0 Å². The average molecular weight is 398 g/mol. The van der Waals surface area contributed by atoms with Gasteiger partial charge >= 0.3 is 0 Å². The van der Waals surface area contributed by atoms with Crippen LogP contribution in [0.15, 0.2) is 42.6 Å². The first-order chi connectivity index (χ1) is 13.9. The maximum Gasteiger partial charge on any atom is 0.229 e. The SMILES string of the molecule is Cc1ccnc(OCC23CC(C(=O)N4CC(F)CC4c4cccc(F)c4)(C2)C3)c1. The van der Waals surface area contributed by atoms with Crippen molar-refractivity contribution in [2.24, 2.45) is 10.8 Å². The number of halogens is 2. The lowest BCUT2D eigenvalue weighted by Gasteiger charge is -2.69. The van der Waals surface area contributed by atoms with Crippen LogP contribution in [0.3, 0.4) is 0 Å². The van der Waals surface area contributed by atoms with Crippen molar-refractivity contribution >= 4 is 5.91 Å². The highest BCUT2D eigenvalue weighted by Crippen LogP contribution is 2.74. The summed E-state index contributed by atoms with van der Waals surface area (Å²) in [6.45, 7) is 2.64. The third-order valence-corrected chi connectivity index (χ3v) is 6.75. The molecule has 4 fully saturated rings. The van der Waals surface area contributed by atoms with Crippen molar-refractivity contribution in [3.63, 3.8) is 0 Å². The number of pyridine rings is 1. The number of carbonyl (C=O) groups excluding carboxylic acids is 1. The Labute approximate surface area is 168 Å². The second-order valence-electron chi connectivity index (χ2n) is 9.13. The zero-order chi connectivity index (χ0) is 20.2. The molecule has 2 atom stereocenters. The van der Waals surface area contributed by atoms with Crippen LogP contribution in [-0.4, -0.2) is 35.1 Å². The van der Waals surface area contributed by atoms with Crippen molar-refractivity contribution in [2.45, 2.75) is 44.8 Å². The van der Waals surface area contributed by atoms with Gasteiger partial charge < -0.3 is 9.64 Å². The average Bonchev–Trinajstić information content (AvgIpc) is 3.01. The molecule has 4 nitrogen and oxygen atoms in total. The molecule has 2 unspecified atom stereocenters. The van der Waals surface area contributed by atoms with Gasteiger partial charge in [-0.3, -0.25) is 4.79 Å². The summed E-state index contributed by atoms with van der Waals surface area (Å²) in [6, 6.07) is 9.61. The Morgan fingerprint density at radius 1 is 1.28 bits per heavy atom. The topological polar surface area (TPSA) is 42.4 Å². The van der Waals surface area contributed by atoms with E-state index in [1.165, 1.54) is 12.1 Å². The molecule has 4 aliphatic rings. The molecule has 2 heterocycles. The molecule has 2 bridgehead atoms. The Balaban J connectivity index is 1.24. The van der Waals surface area contributed by atoms with E-state index in [9.17, 15) is 13.6 Å². The van der Waals surface area contributed by atoms with Crippen molar-refractivity contribution in [1.29, 1.82) is 0 Å². The minimum Gasteiger partial charge on any atom is -0.477 e. The highest BCUT2D eigenvalue weighted by Gasteiger charge is 2.72. The van der Waals surface area contributed by atoms with Crippen molar-refractivity contribution < 1.29 is 18.3 Å². The zero-order valence-electron chi connectivity index (χ0n) is 16.4. The predicted octanol–water partition coefficient (Wildman–Crippen LogP) is 4.39. The zero-order valence-corrected chi connectivity index (χ0v) is 16.4. The molecule has 3 saturated carbocycles. The van der Waals surface area contributed by atoms with Crippen LogP contribution in [0.5, 0.6) is 5.88 Å². The number of hydrogen-bond donors (Lipinski definition) is 0. The number of alkyl halides is 1. The van der Waals surface area contributed by atoms with Crippen molar-refractivity contribution in [3.05, 3.63) is 59.5 Å². The van der Waals surface area contributed by atoms with Gasteiger partial charge in [0.15, 0.2) is 0 Å². The van der Waals surface area contributed by atoms with E-state index in [0.29, 0.717) is 18.1 Å². The minimum atomic E-state index is -1.07. The summed E-state index contributed by atoms with van der Waals surface area (Å²) in [4.78, 5) is 19.1. The molecule has 1 aliphatic heterocycles. The lowest BCUT2D eigenvalue weighted by Crippen LogP contribution is -2.69. The van der Waals surface area contributed by atoms with Gasteiger partial charge in [0, 0.05) is 24.1 Å². The monoisotopic (exact) mass is 398 g/mol. The van der Waals surface area contributed by atoms with Gasteiger partial charge in [-0.05, 0) is 55.5 Å². The number of aryl methyl sites for hydroxylation is 1. The molecule has 1 aromatic heterocycles. The molecular formula is C23H24F2N2O2. The first-order valence-corrected chi connectivity index (χ1v) is 10.1. The Morgan fingerprint density at radius 3 is 2.79 bits per heavy atom. The molecule has 1 saturated heterocycles. The molecule has 0 N–H and O–H groups in total. The van der Waals surface area contributed by atoms with Crippen LogP contribution in [0, 0.1) is 23.6 Å². The van der Waals surface area contributed by atoms with Crippen LogP contribution >= 0.6 is 0 Å². The Bertz CT molecular complexity index is 944. The fourth-order valence-electron chi connectivity index (χ4n) is 5.54. The Morgan fingerprint density at radius 2 is 2.07 bits per heavy atom. The number of nitrogens with zero attached hydrogens (tertiary/aromatic N) is 2. The molecule has 29 heavy (non-hydrogen) atoms. The molecule has 6 heteroatoms. The molecule has 2 aromatic rings. The predicted molar refractivity (Wildman–Crippen MR) is 104 cm³/mol. The third kappa shape index (κ3) is 3.09. The normalized spacial score (nSPS) is 32.4. The molecule has 3 aliphatic carbocycles. The summed E-state index contributed by atoms with van der Waals surface area (Å²) in [6.07, 6.45) is 3.21. The summed E-state index contributed by atoms with van der Waals surface area (Å²) in [7, 11) is 0. The van der Waals surface area contributed by atoms with Gasteiger partial charge in [0.2, 0.25) is 11.8 Å². The van der Waals surface area contributed by atoms with E-state index in [0.717, 1.165) is 24.8 Å². The van der Waals surface area contributed by atoms with E-state index in [2.05, 4.69) is 4.98 Å². The fourth-order valence-corrected chi connectivity index (χ4v) is 5.54. The number of carbonyl (C=O) groups is 1. The van der Waals surface area contributed by atoms with Crippen LogP contribution in [0.25, 0.3) is 0 Å². The number of amides is 1. The van der Waals surface area contributed by atoms with Gasteiger partial charge in [-0.15, -0.1) is 0 Å². The van der Waals surface area contributed by atoms with Crippen molar-refractivity contribution in [1.82, 2.24) is 9.88 Å². The van der Waals surface area contributed by atoms with E-state index in [1.807, 2.05) is 19.1 Å². The van der Waals surface area contributed by atoms with Gasteiger partial charge in [-0.1, -0.05) is 12.1 Å². The summed E-state index contributed by atoms with van der Waals surface area (Å²) in [5.41, 5.74) is 1.41. The second kappa shape index (κ2) is 6.51. The first kappa shape index (κ1) is 18.5. The van der Waals surface area contributed by atoms with Crippen LogP contribution in [0.1, 0.15) is 42.9 Å². The lowest BCUT2D eigenvalue weighted by molar-refractivity contribution is -0.226. The standard InChI is InChI=1S/C23H24F2N2O2/c1-15-5-6-26-20(7-15)29-14-22-11-23(12-22,13-22)21(28)27-10-18(25)9-19(27)16-3-2-4-17(24)8-16/h2-8,18-19H,9-14H2,1H3. The molecule has 6 rings (SSSR count). The van der Waals surface area contributed by atoms with E-state index in [1.54, 1.807) is 23.2 Å². The van der Waals surface area contributed by atoms with Gasteiger partial charge in [0.1, 0.15) is 12.0 Å². The van der Waals surface area contributed by atoms with E-state index < -0.39 is 6.17 Å². The van der Waals surface area contributed by atoms with Gasteiger partial charge in [-0.2, -0.15) is 0 Å². The summed E-state index contributed by atoms with van der Waals surface area (Å²) >= 11 is 0. The summed E-state index contributed by atoms with van der Waals surface area (Å²) in [5.74, 6) is 0.270. The van der Waals surface area contributed by atoms with Crippen LogP contribution in [0.2, 0.25) is 0 Å². The molecule has 1 amide bonds. The van der Waals surface area contributed by atoms with Crippen LogP contribution in [-0.2, 0) is 4.79 Å². The fraction of sp³-hybridized carbons (Fsp3) is 0.478. The molecule has 1 aromatic carbocycles.